The molecule has 0 radical (unpaired) electrons. The first-order valence-corrected chi connectivity index (χ1v) is 27.0. The second-order valence-corrected chi connectivity index (χ2v) is 17.0. The van der Waals surface area contributed by atoms with Crippen LogP contribution in [-0.2, 0) is 28.6 Å². The molecule has 0 aliphatic rings. The van der Waals surface area contributed by atoms with Gasteiger partial charge >= 0.3 is 17.9 Å². The second-order valence-electron chi connectivity index (χ2n) is 17.0. The Morgan fingerprint density at radius 3 is 0.942 bits per heavy atom. The van der Waals surface area contributed by atoms with Crippen LogP contribution in [0.15, 0.2) is 158 Å². The highest BCUT2D eigenvalue weighted by Crippen LogP contribution is 2.10. The van der Waals surface area contributed by atoms with Crippen LogP contribution >= 0.6 is 0 Å². The molecule has 0 saturated heterocycles. The highest BCUT2D eigenvalue weighted by molar-refractivity contribution is 5.71. The van der Waals surface area contributed by atoms with E-state index in [0.29, 0.717) is 19.3 Å². The molecule has 0 unspecified atom stereocenters. The predicted octanol–water partition coefficient (Wildman–Crippen LogP) is 18.2. The van der Waals surface area contributed by atoms with Crippen LogP contribution in [0.5, 0.6) is 0 Å². The molecule has 0 spiro atoms. The maximum atomic E-state index is 12.8. The molecule has 0 aromatic carbocycles. The van der Waals surface area contributed by atoms with E-state index < -0.39 is 6.10 Å². The Hall–Kier alpha value is -4.97. The molecule has 69 heavy (non-hydrogen) atoms. The van der Waals surface area contributed by atoms with Crippen LogP contribution in [0.25, 0.3) is 0 Å². The number of rotatable bonds is 46. The standard InChI is InChI=1S/C63H96O6/c1-4-7-10-13-16-19-22-25-28-30-31-33-36-39-42-45-48-51-54-57-63(66)69-60(58-67-61(64)55-52-49-46-43-40-37-34-27-24-21-18-15-12-9-6-3)59-68-62(65)56-53-50-47-44-41-38-35-32-29-26-23-20-17-14-11-8-5-2/h8-9,11-12,16-21,25-29,31,33-35,38-40,42-44,47,60H,4-7,10,13-15,22-24,30,32,36-37,41,45-46,48-59H2,1-3H3/b11-8-,12-9-,19-16-,20-17-,21-18-,28-25-,29-26-,33-31-,34-27-,38-35-,42-39-,43-40-,47-44-/t60-/m0/s1. The fourth-order valence-corrected chi connectivity index (χ4v) is 6.51. The summed E-state index contributed by atoms with van der Waals surface area (Å²) < 4.78 is 16.7. The van der Waals surface area contributed by atoms with Crippen LogP contribution in [0, 0.1) is 0 Å². The van der Waals surface area contributed by atoms with E-state index in [0.717, 1.165) is 116 Å². The third kappa shape index (κ3) is 53.8. The molecule has 0 amide bonds. The Bertz CT molecular complexity index is 1610. The Morgan fingerprint density at radius 2 is 0.580 bits per heavy atom. The molecule has 0 N–H and O–H groups in total. The molecule has 6 nitrogen and oxygen atoms in total. The van der Waals surface area contributed by atoms with Crippen molar-refractivity contribution < 1.29 is 28.6 Å². The maximum absolute atomic E-state index is 12.8. The van der Waals surface area contributed by atoms with Crippen molar-refractivity contribution >= 4 is 17.9 Å². The number of unbranched alkanes of at least 4 members (excludes halogenated alkanes) is 9. The maximum Gasteiger partial charge on any atom is 0.306 e. The molecule has 384 valence electrons. The van der Waals surface area contributed by atoms with E-state index >= 15 is 0 Å². The lowest BCUT2D eigenvalue weighted by atomic mass is 10.1. The SMILES string of the molecule is CC/C=C\C/C=C\C/C=C\C/C=C\C/C=C\CCCC(=O)OC[C@H](COC(=O)CCCC/C=C\C/C=C\C/C=C\C/C=C\CC)OC(=O)CCCCC/C=C\C/C=C\C/C=C\C/C=C\CCCCC. The van der Waals surface area contributed by atoms with Crippen molar-refractivity contribution in [1.29, 1.82) is 0 Å². The molecular weight excluding hydrogens is 853 g/mol. The fourth-order valence-electron chi connectivity index (χ4n) is 6.51. The van der Waals surface area contributed by atoms with Gasteiger partial charge in [0.1, 0.15) is 13.2 Å². The van der Waals surface area contributed by atoms with Crippen LogP contribution in [0.2, 0.25) is 0 Å². The molecule has 0 aromatic rings. The first-order valence-electron chi connectivity index (χ1n) is 27.0. The lowest BCUT2D eigenvalue weighted by molar-refractivity contribution is -0.167. The van der Waals surface area contributed by atoms with Gasteiger partial charge in [-0.15, -0.1) is 0 Å². The van der Waals surface area contributed by atoms with E-state index in [2.05, 4.69) is 179 Å². The predicted molar refractivity (Wildman–Crippen MR) is 297 cm³/mol. The highest BCUT2D eigenvalue weighted by Gasteiger charge is 2.19. The summed E-state index contributed by atoms with van der Waals surface area (Å²) in [5.74, 6) is -1.08. The number of esters is 3. The Labute approximate surface area is 422 Å². The minimum Gasteiger partial charge on any atom is -0.462 e. The normalized spacial score (nSPS) is 13.4. The molecule has 0 saturated carbocycles. The third-order valence-corrected chi connectivity index (χ3v) is 10.5. The molecular formula is C63H96O6. The summed E-state index contributed by atoms with van der Waals surface area (Å²) in [7, 11) is 0. The average molecular weight is 949 g/mol. The summed E-state index contributed by atoms with van der Waals surface area (Å²) in [6, 6.07) is 0. The van der Waals surface area contributed by atoms with Crippen molar-refractivity contribution in [2.75, 3.05) is 13.2 Å². The van der Waals surface area contributed by atoms with Crippen LogP contribution in [-0.4, -0.2) is 37.2 Å². The van der Waals surface area contributed by atoms with Crippen molar-refractivity contribution in [2.45, 2.75) is 207 Å². The zero-order chi connectivity index (χ0) is 50.0. The monoisotopic (exact) mass is 949 g/mol. The molecule has 0 aliphatic carbocycles. The van der Waals surface area contributed by atoms with Crippen LogP contribution in [0.1, 0.15) is 201 Å². The van der Waals surface area contributed by atoms with Crippen molar-refractivity contribution in [1.82, 2.24) is 0 Å². The Morgan fingerprint density at radius 1 is 0.304 bits per heavy atom. The lowest BCUT2D eigenvalue weighted by Crippen LogP contribution is -2.30. The van der Waals surface area contributed by atoms with Gasteiger partial charge in [-0.2, -0.15) is 0 Å². The fraction of sp³-hybridized carbons (Fsp3) is 0.540. The van der Waals surface area contributed by atoms with Gasteiger partial charge in [-0.3, -0.25) is 14.4 Å². The Kier molecular flexibility index (Phi) is 51.6. The van der Waals surface area contributed by atoms with E-state index in [1.54, 1.807) is 0 Å². The number of hydrogen-bond acceptors (Lipinski definition) is 6. The zero-order valence-corrected chi connectivity index (χ0v) is 43.8. The first-order chi connectivity index (χ1) is 34.0. The minimum absolute atomic E-state index is 0.138. The number of hydrogen-bond donors (Lipinski definition) is 0. The number of carbonyl (C=O) groups is 3. The summed E-state index contributed by atoms with van der Waals surface area (Å²) >= 11 is 0. The van der Waals surface area contributed by atoms with Gasteiger partial charge in [0.2, 0.25) is 0 Å². The summed E-state index contributed by atoms with van der Waals surface area (Å²) in [5.41, 5.74) is 0. The quantitative estimate of drug-likeness (QED) is 0.0262. The topological polar surface area (TPSA) is 78.9 Å². The van der Waals surface area contributed by atoms with Crippen molar-refractivity contribution in [3.63, 3.8) is 0 Å². The van der Waals surface area contributed by atoms with Crippen molar-refractivity contribution in [3.05, 3.63) is 158 Å². The zero-order valence-electron chi connectivity index (χ0n) is 43.8. The number of ether oxygens (including phenoxy) is 3. The van der Waals surface area contributed by atoms with E-state index in [1.807, 2.05) is 0 Å². The van der Waals surface area contributed by atoms with Gasteiger partial charge in [0.05, 0.1) is 0 Å². The highest BCUT2D eigenvalue weighted by atomic mass is 16.6. The van der Waals surface area contributed by atoms with Crippen LogP contribution in [0.3, 0.4) is 0 Å². The molecule has 0 bridgehead atoms. The molecule has 0 fully saturated rings. The van der Waals surface area contributed by atoms with Crippen LogP contribution in [0.4, 0.5) is 0 Å². The van der Waals surface area contributed by atoms with Gasteiger partial charge in [-0.25, -0.2) is 0 Å². The Balaban J connectivity index is 4.64. The first kappa shape index (κ1) is 64.0. The minimum atomic E-state index is -0.843. The smallest absolute Gasteiger partial charge is 0.306 e. The summed E-state index contributed by atoms with van der Waals surface area (Å²) in [4.78, 5) is 38.1. The van der Waals surface area contributed by atoms with Gasteiger partial charge in [0.15, 0.2) is 6.10 Å². The van der Waals surface area contributed by atoms with E-state index in [4.69, 9.17) is 14.2 Å². The molecule has 0 heterocycles. The number of allylic oxidation sites excluding steroid dienone is 26. The van der Waals surface area contributed by atoms with Gasteiger partial charge < -0.3 is 14.2 Å². The molecule has 6 heteroatoms. The largest absolute Gasteiger partial charge is 0.462 e. The third-order valence-electron chi connectivity index (χ3n) is 10.5. The van der Waals surface area contributed by atoms with Gasteiger partial charge in [0, 0.05) is 19.3 Å². The van der Waals surface area contributed by atoms with Gasteiger partial charge in [0.25, 0.3) is 0 Å². The van der Waals surface area contributed by atoms with Crippen molar-refractivity contribution in [3.8, 4) is 0 Å². The van der Waals surface area contributed by atoms with E-state index in [1.165, 1.54) is 25.7 Å². The second kappa shape index (κ2) is 55.6. The lowest BCUT2D eigenvalue weighted by Gasteiger charge is -2.18. The molecule has 0 rings (SSSR count). The van der Waals surface area contributed by atoms with E-state index in [-0.39, 0.29) is 50.4 Å². The van der Waals surface area contributed by atoms with Crippen LogP contribution < -0.4 is 0 Å². The van der Waals surface area contributed by atoms with Gasteiger partial charge in [-0.05, 0) is 141 Å². The molecule has 0 aromatic heterocycles. The molecule has 0 aliphatic heterocycles. The van der Waals surface area contributed by atoms with Gasteiger partial charge in [-0.1, -0.05) is 198 Å². The summed E-state index contributed by atoms with van der Waals surface area (Å²) in [6.45, 7) is 6.24. The summed E-state index contributed by atoms with van der Waals surface area (Å²) in [5, 5.41) is 0. The van der Waals surface area contributed by atoms with Crippen molar-refractivity contribution in [2.24, 2.45) is 0 Å². The summed E-state index contributed by atoms with van der Waals surface area (Å²) in [6.07, 6.45) is 80.9. The number of carbonyl (C=O) groups excluding carboxylic acids is 3. The average Bonchev–Trinajstić information content (AvgIpc) is 3.35. The van der Waals surface area contributed by atoms with E-state index in [9.17, 15) is 14.4 Å². The molecule has 1 atom stereocenters.